The first-order valence-electron chi connectivity index (χ1n) is 23.0. The number of unbranched alkanes of at least 4 members (excludes halogenated alkanes) is 28. The fraction of sp³-hybridized carbons (Fsp3) is 0.932. The van der Waals surface area contributed by atoms with Crippen LogP contribution in [-0.4, -0.2) is 73.8 Å². The standard InChI is InChI=1S/C44H87NO9P2/c1-6-8-10-12-14-16-18-20-22-24-26-28-30-32-34-36-42(46)52-39-41(40-53-56(50,51)55(49)44(48)38-45(3,4)5)54-43(47)37-35-33-31-29-27-25-23-21-19-17-15-13-11-9-7-2/h41,49H,6-40H2,1-5H3/t41-,55?/m1/s1. The van der Waals surface area contributed by atoms with Crippen molar-refractivity contribution in [3.63, 3.8) is 0 Å². The number of ether oxygens (including phenoxy) is 2. The van der Waals surface area contributed by atoms with E-state index in [4.69, 9.17) is 14.0 Å². The lowest BCUT2D eigenvalue weighted by Gasteiger charge is -2.30. The largest absolute Gasteiger partial charge is 0.773 e. The van der Waals surface area contributed by atoms with Gasteiger partial charge in [-0.2, -0.15) is 0 Å². The van der Waals surface area contributed by atoms with Gasteiger partial charge in [0, 0.05) is 12.8 Å². The summed E-state index contributed by atoms with van der Waals surface area (Å²) in [5.41, 5.74) is -0.831. The molecule has 0 heterocycles. The summed E-state index contributed by atoms with van der Waals surface area (Å²) in [4.78, 5) is 60.6. The molecular formula is C44H87NO9P2. The lowest BCUT2D eigenvalue weighted by Crippen LogP contribution is -2.39. The summed E-state index contributed by atoms with van der Waals surface area (Å²) in [6.07, 6.45) is 35.8. The van der Waals surface area contributed by atoms with Crippen molar-refractivity contribution in [2.45, 2.75) is 225 Å². The zero-order valence-electron chi connectivity index (χ0n) is 36.9. The Hall–Kier alpha value is -0.890. The Morgan fingerprint density at radius 1 is 0.554 bits per heavy atom. The molecule has 0 aliphatic carbocycles. The zero-order chi connectivity index (χ0) is 41.8. The van der Waals surface area contributed by atoms with Crippen molar-refractivity contribution < 1.29 is 47.2 Å². The first-order chi connectivity index (χ1) is 26.8. The molecule has 0 bridgehead atoms. The molecule has 0 aliphatic rings. The first kappa shape index (κ1) is 55.1. The Balaban J connectivity index is 4.49. The molecule has 0 saturated heterocycles. The maximum atomic E-state index is 12.7. The number of carbonyl (C=O) groups is 3. The minimum absolute atomic E-state index is 0.146. The molecule has 10 nitrogen and oxygen atoms in total. The molecule has 0 saturated carbocycles. The summed E-state index contributed by atoms with van der Waals surface area (Å²) in [6.45, 7) is 3.31. The lowest BCUT2D eigenvalue weighted by atomic mass is 10.0. The van der Waals surface area contributed by atoms with Crippen molar-refractivity contribution in [2.24, 2.45) is 0 Å². The smallest absolute Gasteiger partial charge is 0.306 e. The van der Waals surface area contributed by atoms with Crippen LogP contribution in [0.15, 0.2) is 0 Å². The monoisotopic (exact) mass is 836 g/mol. The van der Waals surface area contributed by atoms with Gasteiger partial charge in [0.25, 0.3) is 0 Å². The van der Waals surface area contributed by atoms with Crippen molar-refractivity contribution in [3.05, 3.63) is 0 Å². The van der Waals surface area contributed by atoms with E-state index in [1.54, 1.807) is 21.1 Å². The zero-order valence-corrected chi connectivity index (χ0v) is 38.7. The highest BCUT2D eigenvalue weighted by molar-refractivity contribution is 8.32. The molecule has 0 fully saturated rings. The molecule has 0 aromatic carbocycles. The average molecular weight is 836 g/mol. The molecule has 3 atom stereocenters. The van der Waals surface area contributed by atoms with E-state index in [2.05, 4.69) is 13.8 Å². The summed E-state index contributed by atoms with van der Waals surface area (Å²) in [5, 5.41) is 0. The predicted octanol–water partition coefficient (Wildman–Crippen LogP) is 12.1. The van der Waals surface area contributed by atoms with Gasteiger partial charge in [-0.15, -0.1) is 0 Å². The van der Waals surface area contributed by atoms with Gasteiger partial charge >= 0.3 is 11.9 Å². The Bertz CT molecular complexity index is 1010. The third kappa shape index (κ3) is 36.2. The third-order valence-corrected chi connectivity index (χ3v) is 14.1. The number of nitrogens with zero attached hydrogens (tertiary/aromatic N) is 1. The summed E-state index contributed by atoms with van der Waals surface area (Å²) in [6, 6.07) is 0. The van der Waals surface area contributed by atoms with Gasteiger partial charge in [-0.05, 0) is 12.8 Å². The Morgan fingerprint density at radius 2 is 0.875 bits per heavy atom. The Kier molecular flexibility index (Phi) is 36.5. The number of hydrogen-bond acceptors (Lipinski definition) is 9. The quantitative estimate of drug-likeness (QED) is 0.0275. The molecule has 0 aromatic rings. The van der Waals surface area contributed by atoms with E-state index in [-0.39, 0.29) is 30.5 Å². The van der Waals surface area contributed by atoms with Crippen LogP contribution in [-0.2, 0) is 32.9 Å². The second-order valence-electron chi connectivity index (χ2n) is 17.1. The Labute approximate surface area is 345 Å². The summed E-state index contributed by atoms with van der Waals surface area (Å²) in [7, 11) is -2.96. The first-order valence-corrected chi connectivity index (χ1v) is 26.5. The van der Waals surface area contributed by atoms with E-state index in [1.807, 2.05) is 0 Å². The highest BCUT2D eigenvalue weighted by Crippen LogP contribution is 2.68. The van der Waals surface area contributed by atoms with Crippen LogP contribution >= 0.6 is 15.1 Å². The van der Waals surface area contributed by atoms with E-state index >= 15 is 0 Å². The Morgan fingerprint density at radius 3 is 1.21 bits per heavy atom. The fourth-order valence-corrected chi connectivity index (χ4v) is 9.56. The molecule has 0 spiro atoms. The van der Waals surface area contributed by atoms with Crippen LogP contribution in [0.4, 0.5) is 0 Å². The molecule has 0 aliphatic heterocycles. The maximum absolute atomic E-state index is 12.7. The van der Waals surface area contributed by atoms with Crippen LogP contribution in [0.5, 0.6) is 0 Å². The highest BCUT2D eigenvalue weighted by Gasteiger charge is 2.33. The van der Waals surface area contributed by atoms with Crippen LogP contribution in [0.3, 0.4) is 0 Å². The molecule has 0 rings (SSSR count). The third-order valence-electron chi connectivity index (χ3n) is 10.2. The molecule has 0 aromatic heterocycles. The predicted molar refractivity (Wildman–Crippen MR) is 231 cm³/mol. The van der Waals surface area contributed by atoms with Crippen LogP contribution in [0.2, 0.25) is 0 Å². The van der Waals surface area contributed by atoms with E-state index in [0.29, 0.717) is 12.8 Å². The van der Waals surface area contributed by atoms with Gasteiger partial charge in [-0.1, -0.05) is 194 Å². The summed E-state index contributed by atoms with van der Waals surface area (Å²) in [5.74, 6) is -0.976. The van der Waals surface area contributed by atoms with E-state index < -0.39 is 45.3 Å². The summed E-state index contributed by atoms with van der Waals surface area (Å²) < 4.78 is 28.7. The molecule has 0 amide bonds. The van der Waals surface area contributed by atoms with Crippen molar-refractivity contribution >= 4 is 32.6 Å². The highest BCUT2D eigenvalue weighted by atomic mass is 32.1. The van der Waals surface area contributed by atoms with Gasteiger partial charge < -0.3 is 32.8 Å². The number of quaternary nitrogens is 1. The second-order valence-corrected chi connectivity index (χ2v) is 22.0. The van der Waals surface area contributed by atoms with Crippen LogP contribution in [0.1, 0.15) is 219 Å². The number of esters is 2. The fourth-order valence-electron chi connectivity index (χ4n) is 6.74. The molecule has 332 valence electrons. The van der Waals surface area contributed by atoms with Crippen molar-refractivity contribution in [1.29, 1.82) is 0 Å². The van der Waals surface area contributed by atoms with Gasteiger partial charge in [0.15, 0.2) is 21.2 Å². The molecule has 2 unspecified atom stereocenters. The minimum atomic E-state index is -4.99. The van der Waals surface area contributed by atoms with Crippen LogP contribution in [0.25, 0.3) is 0 Å². The number of carbonyl (C=O) groups excluding carboxylic acids is 3. The van der Waals surface area contributed by atoms with Gasteiger partial charge in [0.05, 0.1) is 27.7 Å². The topological polar surface area (TPSA) is 139 Å². The summed E-state index contributed by atoms with van der Waals surface area (Å²) >= 11 is 0. The van der Waals surface area contributed by atoms with E-state index in [0.717, 1.165) is 38.5 Å². The van der Waals surface area contributed by atoms with Gasteiger partial charge in [-0.25, -0.2) is 0 Å². The van der Waals surface area contributed by atoms with Gasteiger partial charge in [-0.3, -0.25) is 14.4 Å². The SMILES string of the molecule is CCCCCCCCCCCCCCCCCC(=O)OC[C@H](COP(=O)([O-])P(O)C(=O)C[N+](C)(C)C)OC(=O)CCCCCCCCCCCCCCCCC. The lowest BCUT2D eigenvalue weighted by molar-refractivity contribution is -0.861. The average Bonchev–Trinajstić information content (AvgIpc) is 3.14. The second kappa shape index (κ2) is 37.1. The molecule has 12 heteroatoms. The van der Waals surface area contributed by atoms with E-state index in [1.165, 1.54) is 141 Å². The maximum Gasteiger partial charge on any atom is 0.306 e. The van der Waals surface area contributed by atoms with E-state index in [9.17, 15) is 28.7 Å². The molecule has 56 heavy (non-hydrogen) atoms. The van der Waals surface area contributed by atoms with Gasteiger partial charge in [0.2, 0.25) is 5.52 Å². The number of rotatable bonds is 42. The normalized spacial score (nSPS) is 14.0. The van der Waals surface area contributed by atoms with Gasteiger partial charge in [0.1, 0.15) is 13.2 Å². The van der Waals surface area contributed by atoms with Crippen molar-refractivity contribution in [2.75, 3.05) is 40.9 Å². The van der Waals surface area contributed by atoms with Crippen molar-refractivity contribution in [3.8, 4) is 0 Å². The molecular weight excluding hydrogens is 748 g/mol. The van der Waals surface area contributed by atoms with Crippen LogP contribution in [0, 0.1) is 0 Å². The molecule has 0 radical (unpaired) electrons. The minimum Gasteiger partial charge on any atom is -0.773 e. The number of hydrogen-bond donors (Lipinski definition) is 1. The molecule has 1 N–H and O–H groups in total. The number of likely N-dealkylation sites (N-methyl/N-ethyl adjacent to an activating group) is 1. The van der Waals surface area contributed by atoms with Crippen molar-refractivity contribution in [1.82, 2.24) is 0 Å². The van der Waals surface area contributed by atoms with Crippen LogP contribution < -0.4 is 4.89 Å².